The Bertz CT molecular complexity index is 668. The smallest absolute Gasteiger partial charge is 0.225 e. The van der Waals surface area contributed by atoms with Crippen molar-refractivity contribution < 1.29 is 0 Å². The van der Waals surface area contributed by atoms with Gasteiger partial charge in [0.2, 0.25) is 5.95 Å². The molecule has 2 aromatic rings. The van der Waals surface area contributed by atoms with Crippen molar-refractivity contribution >= 4 is 11.8 Å². The highest BCUT2D eigenvalue weighted by atomic mass is 15.3. The van der Waals surface area contributed by atoms with E-state index in [0.717, 1.165) is 48.8 Å². The Kier molecular flexibility index (Phi) is 3.59. The molecule has 23 heavy (non-hydrogen) atoms. The Balaban J connectivity index is 1.59. The molecule has 0 aliphatic carbocycles. The predicted molar refractivity (Wildman–Crippen MR) is 89.6 cm³/mol. The number of hydrogen-bond acceptors (Lipinski definition) is 6. The number of nitrogens with zero attached hydrogens (tertiary/aromatic N) is 6. The van der Waals surface area contributed by atoms with Crippen LogP contribution in [-0.2, 0) is 0 Å². The third-order valence-corrected chi connectivity index (χ3v) is 4.94. The van der Waals surface area contributed by atoms with E-state index in [1.54, 1.807) is 0 Å². The summed E-state index contributed by atoms with van der Waals surface area (Å²) in [6.07, 6.45) is 6.08. The molecule has 2 unspecified atom stereocenters. The second-order valence-corrected chi connectivity index (χ2v) is 6.51. The average Bonchev–Trinajstić information content (AvgIpc) is 2.98. The molecule has 0 spiro atoms. The molecule has 2 aliphatic heterocycles. The molecule has 2 aliphatic rings. The van der Waals surface area contributed by atoms with Gasteiger partial charge in [0, 0.05) is 43.8 Å². The zero-order chi connectivity index (χ0) is 15.8. The SMILES string of the molecule is Cc1cc(N2CCC3CCN(c4ncccn4)CC32)nc(C)n1. The van der Waals surface area contributed by atoms with Gasteiger partial charge in [-0.05, 0) is 38.7 Å². The van der Waals surface area contributed by atoms with Crippen LogP contribution in [0.1, 0.15) is 24.4 Å². The monoisotopic (exact) mass is 310 g/mol. The summed E-state index contributed by atoms with van der Waals surface area (Å²) < 4.78 is 0. The highest BCUT2D eigenvalue weighted by Gasteiger charge is 2.39. The third kappa shape index (κ3) is 2.73. The maximum atomic E-state index is 4.67. The number of hydrogen-bond donors (Lipinski definition) is 0. The summed E-state index contributed by atoms with van der Waals surface area (Å²) in [5.74, 6) is 3.50. The van der Waals surface area contributed by atoms with Gasteiger partial charge in [0.15, 0.2) is 0 Å². The summed E-state index contributed by atoms with van der Waals surface area (Å²) in [4.78, 5) is 22.7. The number of anilines is 2. The third-order valence-electron chi connectivity index (χ3n) is 4.94. The standard InChI is InChI=1S/C17H22N6/c1-12-10-16(21-13(2)20-12)23-9-5-14-4-8-22(11-15(14)23)17-18-6-3-7-19-17/h3,6-7,10,14-15H,4-5,8-9,11H2,1-2H3. The Morgan fingerprint density at radius 2 is 1.83 bits per heavy atom. The lowest BCUT2D eigenvalue weighted by Gasteiger charge is -2.38. The number of fused-ring (bicyclic) bond motifs is 1. The zero-order valence-corrected chi connectivity index (χ0v) is 13.7. The fraction of sp³-hybridized carbons (Fsp3) is 0.529. The zero-order valence-electron chi connectivity index (χ0n) is 13.7. The van der Waals surface area contributed by atoms with Gasteiger partial charge in [-0.25, -0.2) is 19.9 Å². The molecule has 0 amide bonds. The van der Waals surface area contributed by atoms with Crippen LogP contribution in [0, 0.1) is 19.8 Å². The lowest BCUT2D eigenvalue weighted by atomic mass is 9.92. The minimum Gasteiger partial charge on any atom is -0.351 e. The molecule has 6 heteroatoms. The molecule has 0 bridgehead atoms. The van der Waals surface area contributed by atoms with Gasteiger partial charge < -0.3 is 9.80 Å². The van der Waals surface area contributed by atoms with Gasteiger partial charge in [-0.1, -0.05) is 0 Å². The van der Waals surface area contributed by atoms with Crippen LogP contribution in [0.15, 0.2) is 24.5 Å². The Morgan fingerprint density at radius 3 is 2.61 bits per heavy atom. The molecular formula is C17H22N6. The summed E-state index contributed by atoms with van der Waals surface area (Å²) >= 11 is 0. The van der Waals surface area contributed by atoms with Gasteiger partial charge >= 0.3 is 0 Å². The van der Waals surface area contributed by atoms with E-state index < -0.39 is 0 Å². The van der Waals surface area contributed by atoms with Gasteiger partial charge in [-0.2, -0.15) is 0 Å². The molecule has 0 aromatic carbocycles. The van der Waals surface area contributed by atoms with Crippen LogP contribution < -0.4 is 9.80 Å². The van der Waals surface area contributed by atoms with Crippen molar-refractivity contribution in [1.29, 1.82) is 0 Å². The van der Waals surface area contributed by atoms with E-state index in [1.807, 2.05) is 32.3 Å². The Labute approximate surface area is 136 Å². The second-order valence-electron chi connectivity index (χ2n) is 6.51. The minimum atomic E-state index is 0.487. The number of rotatable bonds is 2. The van der Waals surface area contributed by atoms with E-state index in [0.29, 0.717) is 6.04 Å². The Hall–Kier alpha value is -2.24. The molecule has 6 nitrogen and oxygen atoms in total. The highest BCUT2D eigenvalue weighted by molar-refractivity contribution is 5.45. The van der Waals surface area contributed by atoms with Crippen molar-refractivity contribution in [3.63, 3.8) is 0 Å². The summed E-state index contributed by atoms with van der Waals surface area (Å²) in [6, 6.07) is 4.46. The quantitative estimate of drug-likeness (QED) is 0.845. The summed E-state index contributed by atoms with van der Waals surface area (Å²) in [7, 11) is 0. The molecule has 2 atom stereocenters. The molecule has 2 aromatic heterocycles. The molecule has 4 heterocycles. The average molecular weight is 310 g/mol. The van der Waals surface area contributed by atoms with Crippen LogP contribution in [0.4, 0.5) is 11.8 Å². The van der Waals surface area contributed by atoms with Crippen molar-refractivity contribution in [2.45, 2.75) is 32.7 Å². The van der Waals surface area contributed by atoms with Crippen LogP contribution in [0.3, 0.4) is 0 Å². The first-order valence-electron chi connectivity index (χ1n) is 8.31. The van der Waals surface area contributed by atoms with Gasteiger partial charge in [-0.3, -0.25) is 0 Å². The van der Waals surface area contributed by atoms with Crippen molar-refractivity contribution in [2.75, 3.05) is 29.4 Å². The van der Waals surface area contributed by atoms with Crippen LogP contribution in [0.2, 0.25) is 0 Å². The van der Waals surface area contributed by atoms with E-state index >= 15 is 0 Å². The minimum absolute atomic E-state index is 0.487. The first kappa shape index (κ1) is 14.4. The molecule has 4 rings (SSSR count). The van der Waals surface area contributed by atoms with E-state index in [4.69, 9.17) is 0 Å². The molecule has 2 fully saturated rings. The molecule has 0 radical (unpaired) electrons. The number of aromatic nitrogens is 4. The largest absolute Gasteiger partial charge is 0.351 e. The van der Waals surface area contributed by atoms with Crippen molar-refractivity contribution in [3.8, 4) is 0 Å². The maximum Gasteiger partial charge on any atom is 0.225 e. The predicted octanol–water partition coefficient (Wildman–Crippen LogP) is 1.99. The van der Waals surface area contributed by atoms with Crippen molar-refractivity contribution in [1.82, 2.24) is 19.9 Å². The van der Waals surface area contributed by atoms with E-state index in [9.17, 15) is 0 Å². The van der Waals surface area contributed by atoms with Gasteiger partial charge in [0.1, 0.15) is 11.6 Å². The highest BCUT2D eigenvalue weighted by Crippen LogP contribution is 2.35. The molecular weight excluding hydrogens is 288 g/mol. The van der Waals surface area contributed by atoms with Crippen molar-refractivity contribution in [2.24, 2.45) is 5.92 Å². The van der Waals surface area contributed by atoms with E-state index in [2.05, 4.69) is 35.8 Å². The maximum absolute atomic E-state index is 4.67. The van der Waals surface area contributed by atoms with Gasteiger partial charge in [-0.15, -0.1) is 0 Å². The molecule has 120 valence electrons. The van der Waals surface area contributed by atoms with Gasteiger partial charge in [0.25, 0.3) is 0 Å². The molecule has 0 saturated carbocycles. The number of piperidine rings is 1. The Morgan fingerprint density at radius 1 is 1.04 bits per heavy atom. The van der Waals surface area contributed by atoms with Crippen LogP contribution in [-0.4, -0.2) is 45.6 Å². The number of aryl methyl sites for hydroxylation is 2. The lowest BCUT2D eigenvalue weighted by molar-refractivity contribution is 0.386. The first-order valence-corrected chi connectivity index (χ1v) is 8.31. The van der Waals surface area contributed by atoms with Crippen molar-refractivity contribution in [3.05, 3.63) is 36.0 Å². The first-order chi connectivity index (χ1) is 11.2. The van der Waals surface area contributed by atoms with E-state index in [1.165, 1.54) is 12.8 Å². The lowest BCUT2D eigenvalue weighted by Crippen LogP contribution is -2.49. The van der Waals surface area contributed by atoms with Gasteiger partial charge in [0.05, 0.1) is 6.04 Å². The summed E-state index contributed by atoms with van der Waals surface area (Å²) in [6.45, 7) is 7.10. The summed E-state index contributed by atoms with van der Waals surface area (Å²) in [5.41, 5.74) is 1.04. The topological polar surface area (TPSA) is 58.0 Å². The molecule has 0 N–H and O–H groups in total. The normalized spacial score (nSPS) is 23.9. The van der Waals surface area contributed by atoms with E-state index in [-0.39, 0.29) is 0 Å². The second kappa shape index (κ2) is 5.76. The van der Waals surface area contributed by atoms with Crippen LogP contribution >= 0.6 is 0 Å². The molecule has 2 saturated heterocycles. The fourth-order valence-electron chi connectivity index (χ4n) is 3.91. The van der Waals surface area contributed by atoms with Crippen LogP contribution in [0.25, 0.3) is 0 Å². The van der Waals surface area contributed by atoms with Crippen LogP contribution in [0.5, 0.6) is 0 Å². The summed E-state index contributed by atoms with van der Waals surface area (Å²) in [5, 5.41) is 0. The fourth-order valence-corrected chi connectivity index (χ4v) is 3.91.